The van der Waals surface area contributed by atoms with E-state index in [1.807, 2.05) is 6.92 Å². The summed E-state index contributed by atoms with van der Waals surface area (Å²) < 4.78 is 10.8. The van der Waals surface area contributed by atoms with Crippen LogP contribution >= 0.6 is 11.6 Å². The molecular weight excluding hydrogens is 372 g/mol. The van der Waals surface area contributed by atoms with Crippen LogP contribution in [0.1, 0.15) is 22.8 Å². The molecule has 0 fully saturated rings. The molecule has 0 bridgehead atoms. The standard InChI is InChI=1S/C19H21ClN2O5/c1-2-26-10-11-27-17-15(20)4-3-5-16(17)22-19(25)21-12-13-6-8-14(9-7-13)18(23)24/h3-9H,2,10-12H2,1H3,(H,23,24)(H2,21,22,25). The quantitative estimate of drug-likeness (QED) is 0.564. The molecule has 0 unspecified atom stereocenters. The second-order valence-corrected chi connectivity index (χ2v) is 5.88. The Morgan fingerprint density at radius 3 is 2.52 bits per heavy atom. The summed E-state index contributed by atoms with van der Waals surface area (Å²) in [6.07, 6.45) is 0. The van der Waals surface area contributed by atoms with E-state index < -0.39 is 12.0 Å². The number of aromatic carboxylic acids is 1. The SMILES string of the molecule is CCOCCOc1c(Cl)cccc1NC(=O)NCc1ccc(C(=O)O)cc1. The summed E-state index contributed by atoms with van der Waals surface area (Å²) in [5.41, 5.74) is 1.41. The smallest absolute Gasteiger partial charge is 0.335 e. The van der Waals surface area contributed by atoms with Crippen LogP contribution in [0.4, 0.5) is 10.5 Å². The Kier molecular flexibility index (Phi) is 7.91. The van der Waals surface area contributed by atoms with E-state index in [1.54, 1.807) is 30.3 Å². The van der Waals surface area contributed by atoms with Crippen LogP contribution in [0.15, 0.2) is 42.5 Å². The van der Waals surface area contributed by atoms with Gasteiger partial charge in [-0.1, -0.05) is 29.8 Å². The van der Waals surface area contributed by atoms with Crippen molar-refractivity contribution in [1.82, 2.24) is 5.32 Å². The van der Waals surface area contributed by atoms with E-state index in [4.69, 9.17) is 26.2 Å². The van der Waals surface area contributed by atoms with Gasteiger partial charge in [0.1, 0.15) is 6.61 Å². The first kappa shape index (κ1) is 20.5. The molecule has 0 aliphatic heterocycles. The molecule has 0 spiro atoms. The second-order valence-electron chi connectivity index (χ2n) is 5.47. The van der Waals surface area contributed by atoms with Crippen LogP contribution in [0.2, 0.25) is 5.02 Å². The Morgan fingerprint density at radius 2 is 1.85 bits per heavy atom. The summed E-state index contributed by atoms with van der Waals surface area (Å²) in [5, 5.41) is 14.7. The molecule has 2 amide bonds. The number of rotatable bonds is 9. The first-order valence-electron chi connectivity index (χ1n) is 8.37. The van der Waals surface area contributed by atoms with E-state index in [0.717, 1.165) is 5.56 Å². The van der Waals surface area contributed by atoms with Crippen molar-refractivity contribution in [1.29, 1.82) is 0 Å². The summed E-state index contributed by atoms with van der Waals surface area (Å²) in [6.45, 7) is 3.45. The van der Waals surface area contributed by atoms with Gasteiger partial charge in [-0.2, -0.15) is 0 Å². The average molecular weight is 393 g/mol. The molecule has 8 heteroatoms. The Morgan fingerprint density at radius 1 is 1.11 bits per heavy atom. The minimum Gasteiger partial charge on any atom is -0.487 e. The molecule has 0 radical (unpaired) electrons. The maximum absolute atomic E-state index is 12.2. The zero-order valence-corrected chi connectivity index (χ0v) is 15.6. The fourth-order valence-corrected chi connectivity index (χ4v) is 2.44. The lowest BCUT2D eigenvalue weighted by Crippen LogP contribution is -2.28. The van der Waals surface area contributed by atoms with Crippen molar-refractivity contribution in [3.8, 4) is 5.75 Å². The molecule has 0 aliphatic carbocycles. The zero-order chi connectivity index (χ0) is 19.6. The number of ether oxygens (including phenoxy) is 2. The van der Waals surface area contributed by atoms with Crippen molar-refractivity contribution in [3.63, 3.8) is 0 Å². The number of halogens is 1. The van der Waals surface area contributed by atoms with Crippen molar-refractivity contribution in [2.45, 2.75) is 13.5 Å². The number of carbonyl (C=O) groups is 2. The molecule has 27 heavy (non-hydrogen) atoms. The summed E-state index contributed by atoms with van der Waals surface area (Å²) in [6, 6.07) is 10.9. The zero-order valence-electron chi connectivity index (χ0n) is 14.8. The Bertz CT molecular complexity index is 780. The van der Waals surface area contributed by atoms with Gasteiger partial charge in [0.15, 0.2) is 5.75 Å². The molecule has 0 atom stereocenters. The largest absolute Gasteiger partial charge is 0.487 e. The number of anilines is 1. The van der Waals surface area contributed by atoms with Crippen molar-refractivity contribution in [2.75, 3.05) is 25.1 Å². The van der Waals surface area contributed by atoms with Gasteiger partial charge in [-0.3, -0.25) is 0 Å². The number of carbonyl (C=O) groups excluding carboxylic acids is 1. The molecule has 0 saturated heterocycles. The number of carboxylic acid groups (broad SMARTS) is 1. The van der Waals surface area contributed by atoms with E-state index in [2.05, 4.69) is 10.6 Å². The van der Waals surface area contributed by atoms with Crippen LogP contribution in [0.5, 0.6) is 5.75 Å². The van der Waals surface area contributed by atoms with Gasteiger partial charge in [0, 0.05) is 13.2 Å². The molecule has 0 aromatic heterocycles. The summed E-state index contributed by atoms with van der Waals surface area (Å²) in [4.78, 5) is 23.0. The van der Waals surface area contributed by atoms with Gasteiger partial charge in [0.2, 0.25) is 0 Å². The third-order valence-electron chi connectivity index (χ3n) is 3.55. The molecule has 3 N–H and O–H groups in total. The van der Waals surface area contributed by atoms with Gasteiger partial charge in [0.05, 0.1) is 22.9 Å². The monoisotopic (exact) mass is 392 g/mol. The molecular formula is C19H21ClN2O5. The fraction of sp³-hybridized carbons (Fsp3) is 0.263. The summed E-state index contributed by atoms with van der Waals surface area (Å²) in [7, 11) is 0. The second kappa shape index (κ2) is 10.4. The van der Waals surface area contributed by atoms with Crippen molar-refractivity contribution >= 4 is 29.3 Å². The van der Waals surface area contributed by atoms with E-state index in [-0.39, 0.29) is 12.1 Å². The lowest BCUT2D eigenvalue weighted by atomic mass is 10.1. The number of hydrogen-bond donors (Lipinski definition) is 3. The van der Waals surface area contributed by atoms with Crippen LogP contribution in [-0.2, 0) is 11.3 Å². The van der Waals surface area contributed by atoms with Crippen molar-refractivity contribution in [3.05, 3.63) is 58.6 Å². The topological polar surface area (TPSA) is 96.9 Å². The predicted octanol–water partition coefficient (Wildman–Crippen LogP) is 3.78. The van der Waals surface area contributed by atoms with Crippen LogP contribution in [0.25, 0.3) is 0 Å². The van der Waals surface area contributed by atoms with Crippen LogP contribution in [0.3, 0.4) is 0 Å². The van der Waals surface area contributed by atoms with Gasteiger partial charge >= 0.3 is 12.0 Å². The first-order valence-corrected chi connectivity index (χ1v) is 8.75. The highest BCUT2D eigenvalue weighted by molar-refractivity contribution is 6.32. The van der Waals surface area contributed by atoms with Gasteiger partial charge < -0.3 is 25.2 Å². The Balaban J connectivity index is 1.92. The van der Waals surface area contributed by atoms with Crippen LogP contribution in [-0.4, -0.2) is 36.9 Å². The highest BCUT2D eigenvalue weighted by Gasteiger charge is 2.11. The summed E-state index contributed by atoms with van der Waals surface area (Å²) in [5.74, 6) is -0.620. The highest BCUT2D eigenvalue weighted by atomic mass is 35.5. The molecule has 2 aromatic carbocycles. The average Bonchev–Trinajstić information content (AvgIpc) is 2.65. The van der Waals surface area contributed by atoms with Gasteiger partial charge in [0.25, 0.3) is 0 Å². The summed E-state index contributed by atoms with van der Waals surface area (Å²) >= 11 is 6.15. The molecule has 0 saturated carbocycles. The number of carboxylic acids is 1. The minimum absolute atomic E-state index is 0.191. The van der Waals surface area contributed by atoms with E-state index >= 15 is 0 Å². The van der Waals surface area contributed by atoms with Crippen molar-refractivity contribution in [2.24, 2.45) is 0 Å². The normalized spacial score (nSPS) is 10.3. The van der Waals surface area contributed by atoms with Gasteiger partial charge in [-0.05, 0) is 36.8 Å². The molecule has 7 nitrogen and oxygen atoms in total. The maximum Gasteiger partial charge on any atom is 0.335 e. The van der Waals surface area contributed by atoms with Crippen molar-refractivity contribution < 1.29 is 24.2 Å². The van der Waals surface area contributed by atoms with E-state index in [1.165, 1.54) is 12.1 Å². The van der Waals surface area contributed by atoms with Gasteiger partial charge in [-0.15, -0.1) is 0 Å². The number of urea groups is 1. The first-order chi connectivity index (χ1) is 13.0. The maximum atomic E-state index is 12.2. The highest BCUT2D eigenvalue weighted by Crippen LogP contribution is 2.32. The predicted molar refractivity (Wildman–Crippen MR) is 103 cm³/mol. The number of nitrogens with one attached hydrogen (secondary N) is 2. The van der Waals surface area contributed by atoms with E-state index in [9.17, 15) is 9.59 Å². The third kappa shape index (κ3) is 6.47. The van der Waals surface area contributed by atoms with Gasteiger partial charge in [-0.25, -0.2) is 9.59 Å². The number of benzene rings is 2. The van der Waals surface area contributed by atoms with Crippen LogP contribution < -0.4 is 15.4 Å². The number of amides is 2. The number of para-hydroxylation sites is 1. The third-order valence-corrected chi connectivity index (χ3v) is 3.84. The lowest BCUT2D eigenvalue weighted by Gasteiger charge is -2.14. The molecule has 0 aliphatic rings. The Labute approximate surface area is 162 Å². The molecule has 2 aromatic rings. The molecule has 2 rings (SSSR count). The lowest BCUT2D eigenvalue weighted by molar-refractivity contribution is 0.0697. The molecule has 0 heterocycles. The Hall–Kier alpha value is -2.77. The van der Waals surface area contributed by atoms with Crippen LogP contribution in [0, 0.1) is 0 Å². The minimum atomic E-state index is -0.995. The molecule has 144 valence electrons. The number of hydrogen-bond acceptors (Lipinski definition) is 4. The van der Waals surface area contributed by atoms with E-state index in [0.29, 0.717) is 36.3 Å². The fourth-order valence-electron chi connectivity index (χ4n) is 2.21.